The third-order valence-corrected chi connectivity index (χ3v) is 2.09. The second kappa shape index (κ2) is 5.24. The first-order valence-electron chi connectivity index (χ1n) is 5.06. The Kier molecular flexibility index (Phi) is 3.97. The molecule has 0 saturated carbocycles. The van der Waals surface area contributed by atoms with Gasteiger partial charge in [0.25, 0.3) is 0 Å². The Balaban J connectivity index is 2.90. The van der Waals surface area contributed by atoms with E-state index in [0.717, 1.165) is 0 Å². The first kappa shape index (κ1) is 12.9. The SMILES string of the molecule is Cc1cnc(NC(C)CC(N)=O)c([N+](=O)[O-])c1. The fourth-order valence-corrected chi connectivity index (χ4v) is 1.39. The zero-order valence-corrected chi connectivity index (χ0v) is 9.64. The van der Waals surface area contributed by atoms with Crippen molar-refractivity contribution in [3.05, 3.63) is 27.9 Å². The predicted molar refractivity (Wildman–Crippen MR) is 62.5 cm³/mol. The molecule has 1 heterocycles. The van der Waals surface area contributed by atoms with Crippen molar-refractivity contribution in [1.29, 1.82) is 0 Å². The molecule has 1 unspecified atom stereocenters. The van der Waals surface area contributed by atoms with Crippen molar-refractivity contribution < 1.29 is 9.72 Å². The van der Waals surface area contributed by atoms with Gasteiger partial charge < -0.3 is 11.1 Å². The first-order chi connectivity index (χ1) is 7.90. The lowest BCUT2D eigenvalue weighted by molar-refractivity contribution is -0.384. The summed E-state index contributed by atoms with van der Waals surface area (Å²) in [5.74, 6) is -0.325. The monoisotopic (exact) mass is 238 g/mol. The molecule has 0 radical (unpaired) electrons. The van der Waals surface area contributed by atoms with Crippen LogP contribution in [0, 0.1) is 17.0 Å². The molecule has 0 aliphatic rings. The van der Waals surface area contributed by atoms with E-state index in [1.807, 2.05) is 0 Å². The molecule has 1 atom stereocenters. The number of amides is 1. The number of rotatable bonds is 5. The molecular formula is C10H14N4O3. The van der Waals surface area contributed by atoms with E-state index in [9.17, 15) is 14.9 Å². The van der Waals surface area contributed by atoms with Crippen LogP contribution in [-0.2, 0) is 4.79 Å². The topological polar surface area (TPSA) is 111 Å². The lowest BCUT2D eigenvalue weighted by Gasteiger charge is -2.12. The number of nitrogens with two attached hydrogens (primary N) is 1. The van der Waals surface area contributed by atoms with Crippen LogP contribution in [0.15, 0.2) is 12.3 Å². The highest BCUT2D eigenvalue weighted by molar-refractivity contribution is 5.75. The summed E-state index contributed by atoms with van der Waals surface area (Å²) in [4.78, 5) is 24.9. The second-order valence-corrected chi connectivity index (χ2v) is 3.85. The Morgan fingerprint density at radius 2 is 2.35 bits per heavy atom. The van der Waals surface area contributed by atoms with Crippen LogP contribution in [0.25, 0.3) is 0 Å². The van der Waals surface area contributed by atoms with Gasteiger partial charge in [-0.1, -0.05) is 0 Å². The van der Waals surface area contributed by atoms with E-state index in [1.165, 1.54) is 12.3 Å². The molecule has 0 aromatic carbocycles. The number of carbonyl (C=O) groups is 1. The van der Waals surface area contributed by atoms with Gasteiger partial charge in [-0.25, -0.2) is 4.98 Å². The Labute approximate surface area is 98.2 Å². The van der Waals surface area contributed by atoms with E-state index < -0.39 is 10.8 Å². The zero-order chi connectivity index (χ0) is 13.0. The Morgan fingerprint density at radius 1 is 1.71 bits per heavy atom. The van der Waals surface area contributed by atoms with Crippen molar-refractivity contribution in [3.63, 3.8) is 0 Å². The smallest absolute Gasteiger partial charge is 0.311 e. The van der Waals surface area contributed by atoms with Crippen LogP contribution in [0.4, 0.5) is 11.5 Å². The quantitative estimate of drug-likeness (QED) is 0.586. The molecule has 7 heteroatoms. The molecule has 0 saturated heterocycles. The summed E-state index contributed by atoms with van der Waals surface area (Å²) in [6, 6.07) is 1.12. The van der Waals surface area contributed by atoms with Gasteiger partial charge in [0.05, 0.1) is 4.92 Å². The maximum Gasteiger partial charge on any atom is 0.311 e. The molecular weight excluding hydrogens is 224 g/mol. The summed E-state index contributed by atoms with van der Waals surface area (Å²) in [6.07, 6.45) is 1.61. The van der Waals surface area contributed by atoms with Crippen molar-refractivity contribution in [2.45, 2.75) is 26.3 Å². The molecule has 0 fully saturated rings. The molecule has 0 aliphatic carbocycles. The van der Waals surface area contributed by atoms with E-state index in [0.29, 0.717) is 5.56 Å². The first-order valence-corrected chi connectivity index (χ1v) is 5.06. The maximum absolute atomic E-state index is 10.8. The molecule has 7 nitrogen and oxygen atoms in total. The Hall–Kier alpha value is -2.18. The summed E-state index contributed by atoms with van der Waals surface area (Å²) in [5, 5.41) is 13.6. The lowest BCUT2D eigenvalue weighted by Crippen LogP contribution is -2.24. The van der Waals surface area contributed by atoms with Gasteiger partial charge >= 0.3 is 5.69 Å². The van der Waals surface area contributed by atoms with Gasteiger partial charge in [0, 0.05) is 24.7 Å². The number of nitrogens with one attached hydrogen (secondary N) is 1. The van der Waals surface area contributed by atoms with Crippen LogP contribution in [0.3, 0.4) is 0 Å². The van der Waals surface area contributed by atoms with E-state index in [4.69, 9.17) is 5.73 Å². The molecule has 0 aliphatic heterocycles. The molecule has 92 valence electrons. The largest absolute Gasteiger partial charge is 0.370 e. The third-order valence-electron chi connectivity index (χ3n) is 2.09. The average molecular weight is 238 g/mol. The number of hydrogen-bond donors (Lipinski definition) is 2. The van der Waals surface area contributed by atoms with Gasteiger partial charge in [0.2, 0.25) is 11.7 Å². The fourth-order valence-electron chi connectivity index (χ4n) is 1.39. The highest BCUT2D eigenvalue weighted by Crippen LogP contribution is 2.23. The fraction of sp³-hybridized carbons (Fsp3) is 0.400. The number of primary amides is 1. The summed E-state index contributed by atoms with van der Waals surface area (Å²) in [7, 11) is 0. The number of pyridine rings is 1. The van der Waals surface area contributed by atoms with Gasteiger partial charge in [0.1, 0.15) is 0 Å². The second-order valence-electron chi connectivity index (χ2n) is 3.85. The molecule has 3 N–H and O–H groups in total. The van der Waals surface area contributed by atoms with Crippen molar-refractivity contribution in [3.8, 4) is 0 Å². The maximum atomic E-state index is 10.8. The minimum absolute atomic E-state index is 0.0900. The van der Waals surface area contributed by atoms with Crippen molar-refractivity contribution in [2.75, 3.05) is 5.32 Å². The number of anilines is 1. The van der Waals surface area contributed by atoms with E-state index in [-0.39, 0.29) is 24.0 Å². The van der Waals surface area contributed by atoms with Crippen molar-refractivity contribution in [2.24, 2.45) is 5.73 Å². The number of aromatic nitrogens is 1. The number of nitrogens with zero attached hydrogens (tertiary/aromatic N) is 2. The Bertz CT molecular complexity index is 447. The van der Waals surface area contributed by atoms with Crippen molar-refractivity contribution >= 4 is 17.4 Å². The predicted octanol–water partition coefficient (Wildman–Crippen LogP) is 0.974. The number of carbonyl (C=O) groups excluding carboxylic acids is 1. The molecule has 1 amide bonds. The summed E-state index contributed by atoms with van der Waals surface area (Å²) < 4.78 is 0. The highest BCUT2D eigenvalue weighted by Gasteiger charge is 2.17. The van der Waals surface area contributed by atoms with Gasteiger partial charge in [-0.2, -0.15) is 0 Å². The lowest BCUT2D eigenvalue weighted by atomic mass is 10.2. The highest BCUT2D eigenvalue weighted by atomic mass is 16.6. The average Bonchev–Trinajstić information content (AvgIpc) is 2.19. The van der Waals surface area contributed by atoms with E-state index in [1.54, 1.807) is 13.8 Å². The van der Waals surface area contributed by atoms with E-state index >= 15 is 0 Å². The van der Waals surface area contributed by atoms with Crippen LogP contribution in [0.2, 0.25) is 0 Å². The van der Waals surface area contributed by atoms with E-state index in [2.05, 4.69) is 10.3 Å². The van der Waals surface area contributed by atoms with Crippen LogP contribution in [0.1, 0.15) is 18.9 Å². The van der Waals surface area contributed by atoms with Gasteiger partial charge in [-0.3, -0.25) is 14.9 Å². The van der Waals surface area contributed by atoms with Crippen LogP contribution in [-0.4, -0.2) is 21.9 Å². The Morgan fingerprint density at radius 3 is 2.88 bits per heavy atom. The molecule has 1 rings (SSSR count). The molecule has 1 aromatic heterocycles. The number of nitro groups is 1. The molecule has 0 spiro atoms. The van der Waals surface area contributed by atoms with Gasteiger partial charge in [0.15, 0.2) is 0 Å². The minimum atomic E-state index is -0.515. The number of hydrogen-bond acceptors (Lipinski definition) is 5. The molecule has 0 bridgehead atoms. The minimum Gasteiger partial charge on any atom is -0.370 e. The van der Waals surface area contributed by atoms with Crippen LogP contribution < -0.4 is 11.1 Å². The molecule has 1 aromatic rings. The number of aryl methyl sites for hydroxylation is 1. The van der Waals surface area contributed by atoms with Gasteiger partial charge in [-0.05, 0) is 19.4 Å². The van der Waals surface area contributed by atoms with Crippen LogP contribution >= 0.6 is 0 Å². The standard InChI is InChI=1S/C10H14N4O3/c1-6-3-8(14(16)17)10(12-5-6)13-7(2)4-9(11)15/h3,5,7H,4H2,1-2H3,(H2,11,15)(H,12,13). The molecule has 17 heavy (non-hydrogen) atoms. The van der Waals surface area contributed by atoms with Gasteiger partial charge in [-0.15, -0.1) is 0 Å². The van der Waals surface area contributed by atoms with Crippen LogP contribution in [0.5, 0.6) is 0 Å². The summed E-state index contributed by atoms with van der Waals surface area (Å²) in [5.41, 5.74) is 5.62. The third kappa shape index (κ3) is 3.71. The zero-order valence-electron chi connectivity index (χ0n) is 9.64. The summed E-state index contributed by atoms with van der Waals surface area (Å²) in [6.45, 7) is 3.42. The summed E-state index contributed by atoms with van der Waals surface area (Å²) >= 11 is 0. The normalized spacial score (nSPS) is 11.9. The van der Waals surface area contributed by atoms with Crippen molar-refractivity contribution in [1.82, 2.24) is 4.98 Å².